The van der Waals surface area contributed by atoms with E-state index in [1.807, 2.05) is 18.2 Å². The molecule has 1 fully saturated rings. The molecule has 0 atom stereocenters. The van der Waals surface area contributed by atoms with Crippen LogP contribution in [-0.2, 0) is 4.79 Å². The van der Waals surface area contributed by atoms with E-state index >= 15 is 0 Å². The third-order valence-electron chi connectivity index (χ3n) is 5.15. The lowest BCUT2D eigenvalue weighted by molar-refractivity contribution is -0.117. The van der Waals surface area contributed by atoms with E-state index in [1.165, 1.54) is 6.92 Å². The van der Waals surface area contributed by atoms with Gasteiger partial charge in [-0.1, -0.05) is 30.3 Å². The molecule has 30 heavy (non-hydrogen) atoms. The molecular weight excluding hydrogens is 396 g/mol. The van der Waals surface area contributed by atoms with Crippen molar-refractivity contribution in [1.29, 1.82) is 0 Å². The van der Waals surface area contributed by atoms with Crippen molar-refractivity contribution in [2.75, 3.05) is 42.9 Å². The number of aromatic nitrogens is 1. The largest absolute Gasteiger partial charge is 0.346 e. The summed E-state index contributed by atoms with van der Waals surface area (Å²) >= 11 is 1.66. The molecule has 1 amide bonds. The normalized spacial score (nSPS) is 14.5. The lowest BCUT2D eigenvalue weighted by Crippen LogP contribution is -2.48. The van der Waals surface area contributed by atoms with E-state index in [1.54, 1.807) is 35.6 Å². The van der Waals surface area contributed by atoms with Gasteiger partial charge in [-0.05, 0) is 31.2 Å². The van der Waals surface area contributed by atoms with Crippen molar-refractivity contribution in [3.05, 3.63) is 65.5 Å². The van der Waals surface area contributed by atoms with Gasteiger partial charge in [-0.2, -0.15) is 0 Å². The zero-order valence-corrected chi connectivity index (χ0v) is 17.7. The Morgan fingerprint density at radius 2 is 1.70 bits per heavy atom. The Labute approximate surface area is 180 Å². The summed E-state index contributed by atoms with van der Waals surface area (Å²) in [4.78, 5) is 32.9. The number of nitrogens with zero attached hydrogens (tertiary/aromatic N) is 3. The van der Waals surface area contributed by atoms with Crippen LogP contribution < -0.4 is 10.2 Å². The Hall–Kier alpha value is -3.03. The van der Waals surface area contributed by atoms with E-state index in [4.69, 9.17) is 4.98 Å². The molecule has 1 aliphatic rings. The van der Waals surface area contributed by atoms with Gasteiger partial charge in [-0.3, -0.25) is 14.5 Å². The predicted molar refractivity (Wildman–Crippen MR) is 121 cm³/mol. The van der Waals surface area contributed by atoms with Crippen molar-refractivity contribution in [1.82, 2.24) is 9.88 Å². The molecule has 0 spiro atoms. The van der Waals surface area contributed by atoms with Crippen LogP contribution in [0.15, 0.2) is 60.0 Å². The van der Waals surface area contributed by atoms with Gasteiger partial charge in [0.15, 0.2) is 10.9 Å². The highest BCUT2D eigenvalue weighted by Crippen LogP contribution is 2.27. The maximum atomic E-state index is 12.4. The third kappa shape index (κ3) is 4.93. The Morgan fingerprint density at radius 1 is 1.00 bits per heavy atom. The topological polar surface area (TPSA) is 65.5 Å². The SMILES string of the molecule is CC(=O)c1ccc(NC(=O)CN2CCN(c3nc(-c4ccccc4)cs3)CC2)cc1. The average molecular weight is 421 g/mol. The molecule has 1 saturated heterocycles. The van der Waals surface area contributed by atoms with E-state index < -0.39 is 0 Å². The number of piperazine rings is 1. The highest BCUT2D eigenvalue weighted by atomic mass is 32.1. The fraction of sp³-hybridized carbons (Fsp3) is 0.261. The van der Waals surface area contributed by atoms with E-state index in [0.717, 1.165) is 42.6 Å². The number of amides is 1. The fourth-order valence-corrected chi connectivity index (χ4v) is 4.33. The second kappa shape index (κ2) is 9.19. The van der Waals surface area contributed by atoms with Crippen molar-refractivity contribution in [2.24, 2.45) is 0 Å². The Bertz CT molecular complexity index is 1010. The minimum Gasteiger partial charge on any atom is -0.346 e. The molecule has 6 nitrogen and oxygen atoms in total. The van der Waals surface area contributed by atoms with Crippen LogP contribution in [0.1, 0.15) is 17.3 Å². The zero-order valence-electron chi connectivity index (χ0n) is 16.9. The number of anilines is 2. The van der Waals surface area contributed by atoms with Crippen LogP contribution in [0.3, 0.4) is 0 Å². The summed E-state index contributed by atoms with van der Waals surface area (Å²) in [6.07, 6.45) is 0. The minimum atomic E-state index is -0.0420. The molecular formula is C23H24N4O2S. The van der Waals surface area contributed by atoms with Crippen LogP contribution in [0, 0.1) is 0 Å². The average Bonchev–Trinajstić information content (AvgIpc) is 3.25. The summed E-state index contributed by atoms with van der Waals surface area (Å²) in [5.74, 6) is -0.0264. The maximum Gasteiger partial charge on any atom is 0.238 e. The van der Waals surface area contributed by atoms with Gasteiger partial charge < -0.3 is 10.2 Å². The number of hydrogen-bond donors (Lipinski definition) is 1. The second-order valence-corrected chi connectivity index (χ2v) is 8.16. The molecule has 0 aliphatic carbocycles. The standard InChI is InChI=1S/C23H24N4O2S/c1-17(28)18-7-9-20(10-8-18)24-22(29)15-26-11-13-27(14-12-26)23-25-21(16-30-23)19-5-3-2-4-6-19/h2-10,16H,11-15H2,1H3,(H,24,29). The van der Waals surface area contributed by atoms with Crippen molar-refractivity contribution >= 4 is 33.8 Å². The molecule has 0 bridgehead atoms. The molecule has 1 aliphatic heterocycles. The molecule has 7 heteroatoms. The number of carbonyl (C=O) groups excluding carboxylic acids is 2. The van der Waals surface area contributed by atoms with Crippen LogP contribution in [0.2, 0.25) is 0 Å². The van der Waals surface area contributed by atoms with Crippen molar-refractivity contribution in [3.63, 3.8) is 0 Å². The van der Waals surface area contributed by atoms with Gasteiger partial charge in [0, 0.05) is 48.4 Å². The Kier molecular flexibility index (Phi) is 6.21. The first-order chi connectivity index (χ1) is 14.6. The summed E-state index contributed by atoms with van der Waals surface area (Å²) in [5, 5.41) is 6.03. The number of thiazole rings is 1. The number of nitrogens with one attached hydrogen (secondary N) is 1. The summed E-state index contributed by atoms with van der Waals surface area (Å²) in [6, 6.07) is 17.2. The fourth-order valence-electron chi connectivity index (χ4n) is 3.44. The van der Waals surface area contributed by atoms with Gasteiger partial charge in [-0.15, -0.1) is 11.3 Å². The third-order valence-corrected chi connectivity index (χ3v) is 6.05. The lowest BCUT2D eigenvalue weighted by Gasteiger charge is -2.34. The molecule has 2 heterocycles. The number of Topliss-reactive ketones (excluding diaryl/α,β-unsaturated/α-hetero) is 1. The molecule has 0 radical (unpaired) electrons. The lowest BCUT2D eigenvalue weighted by atomic mass is 10.1. The molecule has 2 aromatic carbocycles. The number of benzene rings is 2. The van der Waals surface area contributed by atoms with Crippen LogP contribution >= 0.6 is 11.3 Å². The van der Waals surface area contributed by atoms with Crippen LogP contribution in [0.5, 0.6) is 0 Å². The molecule has 0 unspecified atom stereocenters. The van der Waals surface area contributed by atoms with Crippen LogP contribution in [-0.4, -0.2) is 54.3 Å². The maximum absolute atomic E-state index is 12.4. The van der Waals surface area contributed by atoms with Gasteiger partial charge in [0.1, 0.15) is 0 Å². The summed E-state index contributed by atoms with van der Waals surface area (Å²) in [7, 11) is 0. The first-order valence-electron chi connectivity index (χ1n) is 9.97. The highest BCUT2D eigenvalue weighted by Gasteiger charge is 2.21. The quantitative estimate of drug-likeness (QED) is 0.615. The number of rotatable bonds is 6. The van der Waals surface area contributed by atoms with E-state index in [-0.39, 0.29) is 11.7 Å². The number of ketones is 1. The highest BCUT2D eigenvalue weighted by molar-refractivity contribution is 7.14. The molecule has 3 aromatic rings. The second-order valence-electron chi connectivity index (χ2n) is 7.33. The summed E-state index contributed by atoms with van der Waals surface area (Å²) in [6.45, 7) is 5.22. The van der Waals surface area contributed by atoms with Gasteiger partial charge in [0.05, 0.1) is 12.2 Å². The van der Waals surface area contributed by atoms with Gasteiger partial charge in [0.25, 0.3) is 0 Å². The van der Waals surface area contributed by atoms with Crippen LogP contribution in [0.4, 0.5) is 10.8 Å². The van der Waals surface area contributed by atoms with E-state index in [2.05, 4.69) is 32.6 Å². The van der Waals surface area contributed by atoms with Crippen LogP contribution in [0.25, 0.3) is 11.3 Å². The Morgan fingerprint density at radius 3 is 2.37 bits per heavy atom. The monoisotopic (exact) mass is 420 g/mol. The molecule has 1 aromatic heterocycles. The summed E-state index contributed by atoms with van der Waals surface area (Å²) < 4.78 is 0. The van der Waals surface area contributed by atoms with Crippen molar-refractivity contribution in [2.45, 2.75) is 6.92 Å². The van der Waals surface area contributed by atoms with E-state index in [9.17, 15) is 9.59 Å². The van der Waals surface area contributed by atoms with Gasteiger partial charge in [0.2, 0.25) is 5.91 Å². The number of carbonyl (C=O) groups is 2. The van der Waals surface area contributed by atoms with Crippen molar-refractivity contribution < 1.29 is 9.59 Å². The first-order valence-corrected chi connectivity index (χ1v) is 10.9. The summed E-state index contributed by atoms with van der Waals surface area (Å²) in [5.41, 5.74) is 3.49. The molecule has 0 saturated carbocycles. The minimum absolute atomic E-state index is 0.0156. The zero-order chi connectivity index (χ0) is 20.9. The predicted octanol–water partition coefficient (Wildman–Crippen LogP) is 3.77. The van der Waals surface area contributed by atoms with Crippen molar-refractivity contribution in [3.8, 4) is 11.3 Å². The Balaban J connectivity index is 1.27. The number of hydrogen-bond acceptors (Lipinski definition) is 6. The molecule has 1 N–H and O–H groups in total. The molecule has 154 valence electrons. The molecule has 4 rings (SSSR count). The van der Waals surface area contributed by atoms with Gasteiger partial charge in [-0.25, -0.2) is 4.98 Å². The van der Waals surface area contributed by atoms with E-state index in [0.29, 0.717) is 17.8 Å². The van der Waals surface area contributed by atoms with Gasteiger partial charge >= 0.3 is 0 Å². The first kappa shape index (κ1) is 20.3. The smallest absolute Gasteiger partial charge is 0.238 e.